The number of aromatic nitrogens is 1. The third-order valence-corrected chi connectivity index (χ3v) is 1.55. The molecule has 0 atom stereocenters. The van der Waals surface area contributed by atoms with Crippen molar-refractivity contribution in [3.63, 3.8) is 0 Å². The van der Waals surface area contributed by atoms with Crippen LogP contribution in [-0.2, 0) is 0 Å². The zero-order valence-corrected chi connectivity index (χ0v) is 7.14. The summed E-state index contributed by atoms with van der Waals surface area (Å²) in [7, 11) is 0. The molecule has 3 nitrogen and oxygen atoms in total. The van der Waals surface area contributed by atoms with Crippen LogP contribution in [0.15, 0.2) is 17.4 Å². The van der Waals surface area contributed by atoms with E-state index in [1.165, 1.54) is 6.20 Å². The van der Waals surface area contributed by atoms with Crippen LogP contribution in [0.2, 0.25) is 5.02 Å². The molecule has 1 rings (SSSR count). The average molecular weight is 209 g/mol. The van der Waals surface area contributed by atoms with Gasteiger partial charge in [-0.2, -0.15) is 0 Å². The Morgan fingerprint density at radius 3 is 2.83 bits per heavy atom. The van der Waals surface area contributed by atoms with Gasteiger partial charge in [-0.15, -0.1) is 0 Å². The Labute approximate surface area is 77.4 Å². The Balaban J connectivity index is 3.18. The highest BCUT2D eigenvalue weighted by Gasteiger charge is 2.09. The molecule has 0 aromatic carbocycles. The molecule has 64 valence electrons. The number of rotatable bonds is 1. The van der Waals surface area contributed by atoms with Gasteiger partial charge < -0.3 is 5.21 Å². The minimum Gasteiger partial charge on any atom is -0.410 e. The molecular weight excluding hydrogens is 206 g/mol. The Morgan fingerprint density at radius 2 is 2.33 bits per heavy atom. The van der Waals surface area contributed by atoms with Crippen molar-refractivity contribution in [2.45, 2.75) is 0 Å². The molecule has 0 saturated heterocycles. The van der Waals surface area contributed by atoms with Crippen molar-refractivity contribution in [3.8, 4) is 0 Å². The lowest BCUT2D eigenvalue weighted by Gasteiger charge is -1.97. The molecule has 12 heavy (non-hydrogen) atoms. The van der Waals surface area contributed by atoms with E-state index in [0.29, 0.717) is 0 Å². The highest BCUT2D eigenvalue weighted by Crippen LogP contribution is 2.13. The number of hydrogen-bond donors (Lipinski definition) is 1. The third kappa shape index (κ3) is 1.84. The number of halogens is 3. The van der Waals surface area contributed by atoms with Crippen LogP contribution in [0.3, 0.4) is 0 Å². The monoisotopic (exact) mass is 208 g/mol. The summed E-state index contributed by atoms with van der Waals surface area (Å²) >= 11 is 10.7. The topological polar surface area (TPSA) is 45.5 Å². The largest absolute Gasteiger partial charge is 0.410 e. The van der Waals surface area contributed by atoms with Gasteiger partial charge in [0.05, 0.1) is 5.02 Å². The molecule has 0 unspecified atom stereocenters. The van der Waals surface area contributed by atoms with E-state index >= 15 is 0 Å². The van der Waals surface area contributed by atoms with Crippen molar-refractivity contribution in [1.82, 2.24) is 4.98 Å². The fraction of sp³-hybridized carbons (Fsp3) is 0. The Bertz CT molecular complexity index is 329. The first kappa shape index (κ1) is 9.22. The van der Waals surface area contributed by atoms with Gasteiger partial charge in [-0.05, 0) is 6.07 Å². The van der Waals surface area contributed by atoms with Crippen molar-refractivity contribution >= 4 is 28.4 Å². The van der Waals surface area contributed by atoms with E-state index in [0.717, 1.165) is 6.07 Å². The summed E-state index contributed by atoms with van der Waals surface area (Å²) in [6.45, 7) is 0. The van der Waals surface area contributed by atoms with Gasteiger partial charge in [0.15, 0.2) is 11.0 Å². The SMILES string of the molecule is ON=C(Cl)c1ncc(Cl)cc1F. The molecule has 0 aliphatic rings. The fourth-order valence-corrected chi connectivity index (χ4v) is 0.897. The minimum atomic E-state index is -0.731. The lowest BCUT2D eigenvalue weighted by molar-refractivity contribution is 0.320. The van der Waals surface area contributed by atoms with Gasteiger partial charge in [-0.1, -0.05) is 28.4 Å². The van der Waals surface area contributed by atoms with Crippen LogP contribution in [0.1, 0.15) is 5.69 Å². The van der Waals surface area contributed by atoms with Gasteiger partial charge >= 0.3 is 0 Å². The van der Waals surface area contributed by atoms with E-state index in [4.69, 9.17) is 28.4 Å². The van der Waals surface area contributed by atoms with Crippen LogP contribution >= 0.6 is 23.2 Å². The van der Waals surface area contributed by atoms with Gasteiger partial charge in [-0.3, -0.25) is 0 Å². The van der Waals surface area contributed by atoms with Crippen LogP contribution in [0.4, 0.5) is 4.39 Å². The molecule has 1 aromatic rings. The lowest BCUT2D eigenvalue weighted by Crippen LogP contribution is -1.99. The van der Waals surface area contributed by atoms with Gasteiger partial charge in [-0.25, -0.2) is 9.37 Å². The van der Waals surface area contributed by atoms with Crippen molar-refractivity contribution in [2.24, 2.45) is 5.16 Å². The molecular formula is C6H3Cl2FN2O. The van der Waals surface area contributed by atoms with Crippen LogP contribution in [-0.4, -0.2) is 15.4 Å². The highest BCUT2D eigenvalue weighted by molar-refractivity contribution is 6.69. The zero-order valence-electron chi connectivity index (χ0n) is 5.63. The van der Waals surface area contributed by atoms with E-state index in [-0.39, 0.29) is 10.7 Å². The molecule has 0 aliphatic heterocycles. The Kier molecular flexibility index (Phi) is 2.83. The molecule has 1 N–H and O–H groups in total. The van der Waals surface area contributed by atoms with Crippen molar-refractivity contribution in [3.05, 3.63) is 28.8 Å². The summed E-state index contributed by atoms with van der Waals surface area (Å²) in [5, 5.41) is 10.5. The summed E-state index contributed by atoms with van der Waals surface area (Å²) in [6, 6.07) is 1.03. The van der Waals surface area contributed by atoms with Crippen LogP contribution in [0.25, 0.3) is 0 Å². The van der Waals surface area contributed by atoms with Gasteiger partial charge in [0.2, 0.25) is 0 Å². The second-order valence-corrected chi connectivity index (χ2v) is 2.67. The van der Waals surface area contributed by atoms with Gasteiger partial charge in [0, 0.05) is 6.20 Å². The summed E-state index contributed by atoms with van der Waals surface area (Å²) in [5.41, 5.74) is -0.233. The van der Waals surface area contributed by atoms with E-state index in [1.807, 2.05) is 0 Å². The quantitative estimate of drug-likeness (QED) is 0.438. The van der Waals surface area contributed by atoms with E-state index in [1.54, 1.807) is 0 Å². The van der Waals surface area contributed by atoms with E-state index < -0.39 is 11.0 Å². The fourth-order valence-electron chi connectivity index (χ4n) is 0.614. The number of oxime groups is 1. The first-order valence-corrected chi connectivity index (χ1v) is 3.59. The minimum absolute atomic E-state index is 0.152. The molecule has 0 aliphatic carbocycles. The van der Waals surface area contributed by atoms with Crippen molar-refractivity contribution in [2.75, 3.05) is 0 Å². The molecule has 1 heterocycles. The first-order chi connectivity index (χ1) is 5.65. The zero-order chi connectivity index (χ0) is 9.14. The van der Waals surface area contributed by atoms with Crippen molar-refractivity contribution < 1.29 is 9.60 Å². The molecule has 0 spiro atoms. The maximum Gasteiger partial charge on any atom is 0.196 e. The maximum atomic E-state index is 12.9. The summed E-state index contributed by atoms with van der Waals surface area (Å²) in [6.07, 6.45) is 1.20. The normalized spacial score (nSPS) is 11.8. The summed E-state index contributed by atoms with van der Waals surface area (Å²) in [4.78, 5) is 3.52. The molecule has 6 heteroatoms. The molecule has 0 amide bonds. The first-order valence-electron chi connectivity index (χ1n) is 2.84. The van der Waals surface area contributed by atoms with Crippen LogP contribution in [0, 0.1) is 5.82 Å². The number of nitrogens with zero attached hydrogens (tertiary/aromatic N) is 2. The van der Waals surface area contributed by atoms with E-state index in [2.05, 4.69) is 10.1 Å². The standard InChI is InChI=1S/C6H3Cl2FN2O/c7-3-1-4(9)5(10-2-3)6(8)11-12/h1-2,12H. The Morgan fingerprint density at radius 1 is 1.67 bits per heavy atom. The molecule has 1 aromatic heterocycles. The second-order valence-electron chi connectivity index (χ2n) is 1.87. The lowest BCUT2D eigenvalue weighted by atomic mass is 10.3. The van der Waals surface area contributed by atoms with Crippen LogP contribution < -0.4 is 0 Å². The second kappa shape index (κ2) is 3.69. The molecule has 0 saturated carbocycles. The van der Waals surface area contributed by atoms with Crippen molar-refractivity contribution in [1.29, 1.82) is 0 Å². The predicted octanol–water partition coefficient (Wildman–Crippen LogP) is 2.25. The maximum absolute atomic E-state index is 12.9. The smallest absolute Gasteiger partial charge is 0.196 e. The number of pyridine rings is 1. The number of hydrogen-bond acceptors (Lipinski definition) is 3. The Hall–Kier alpha value is -0.870. The average Bonchev–Trinajstić information content (AvgIpc) is 2.03. The van der Waals surface area contributed by atoms with Crippen LogP contribution in [0.5, 0.6) is 0 Å². The van der Waals surface area contributed by atoms with Gasteiger partial charge in [0.1, 0.15) is 5.69 Å². The predicted molar refractivity (Wildman–Crippen MR) is 43.4 cm³/mol. The molecule has 0 fully saturated rings. The summed E-state index contributed by atoms with van der Waals surface area (Å²) < 4.78 is 12.9. The summed E-state index contributed by atoms with van der Waals surface area (Å²) in [5.74, 6) is -0.731. The third-order valence-electron chi connectivity index (χ3n) is 1.09. The van der Waals surface area contributed by atoms with E-state index in [9.17, 15) is 4.39 Å². The molecule has 0 bridgehead atoms. The molecule has 0 radical (unpaired) electrons. The van der Waals surface area contributed by atoms with Gasteiger partial charge in [0.25, 0.3) is 0 Å². The highest BCUT2D eigenvalue weighted by atomic mass is 35.5.